The summed E-state index contributed by atoms with van der Waals surface area (Å²) in [6, 6.07) is 7.51. The second-order valence-corrected chi connectivity index (χ2v) is 6.05. The summed E-state index contributed by atoms with van der Waals surface area (Å²) in [6.45, 7) is 8.72. The van der Waals surface area contributed by atoms with Gasteiger partial charge in [-0.3, -0.25) is 0 Å². The SMILES string of the molecule is C=C[Si]C(=O)c1ccccc1OCC(CC)CCCC. The predicted molar refractivity (Wildman–Crippen MR) is 85.5 cm³/mol. The van der Waals surface area contributed by atoms with E-state index in [2.05, 4.69) is 20.4 Å². The van der Waals surface area contributed by atoms with E-state index in [1.165, 1.54) is 19.3 Å². The molecule has 1 unspecified atom stereocenters. The number of hydrogen-bond donors (Lipinski definition) is 0. The van der Waals surface area contributed by atoms with Crippen LogP contribution < -0.4 is 4.74 Å². The molecule has 0 spiro atoms. The zero-order chi connectivity index (χ0) is 14.8. The molecule has 0 saturated carbocycles. The lowest BCUT2D eigenvalue weighted by Crippen LogP contribution is -2.14. The summed E-state index contributed by atoms with van der Waals surface area (Å²) >= 11 is 0. The van der Waals surface area contributed by atoms with E-state index >= 15 is 0 Å². The van der Waals surface area contributed by atoms with E-state index in [-0.39, 0.29) is 14.9 Å². The molecule has 2 nitrogen and oxygen atoms in total. The van der Waals surface area contributed by atoms with E-state index < -0.39 is 0 Å². The molecular weight excluding hydrogens is 264 g/mol. The maximum Gasteiger partial charge on any atom is 0.170 e. The number of hydrogen-bond acceptors (Lipinski definition) is 2. The molecule has 1 rings (SSSR count). The second kappa shape index (κ2) is 9.53. The molecule has 1 aromatic rings. The lowest BCUT2D eigenvalue weighted by Gasteiger charge is -2.17. The summed E-state index contributed by atoms with van der Waals surface area (Å²) in [5.41, 5.74) is 2.34. The van der Waals surface area contributed by atoms with Gasteiger partial charge in [-0.25, -0.2) is 0 Å². The molecule has 0 aliphatic heterocycles. The van der Waals surface area contributed by atoms with Gasteiger partial charge in [0.05, 0.1) is 12.2 Å². The van der Waals surface area contributed by atoms with Crippen molar-refractivity contribution in [3.8, 4) is 5.75 Å². The van der Waals surface area contributed by atoms with Crippen LogP contribution in [0.15, 0.2) is 36.5 Å². The van der Waals surface area contributed by atoms with Crippen LogP contribution in [-0.4, -0.2) is 21.5 Å². The normalized spacial score (nSPS) is 11.9. The topological polar surface area (TPSA) is 26.3 Å². The largest absolute Gasteiger partial charge is 0.493 e. The molecule has 0 fully saturated rings. The summed E-state index contributed by atoms with van der Waals surface area (Å²) in [7, 11) is 0.107. The standard InChI is InChI=1S/C17H24O2Si/c1-4-7-10-14(5-2)13-19-16-12-9-8-11-15(16)17(18)20-6-3/h6,8-9,11-12,14H,3-5,7,10,13H2,1-2H3. The molecule has 20 heavy (non-hydrogen) atoms. The first-order valence-electron chi connectivity index (χ1n) is 7.36. The third-order valence-corrected chi connectivity index (χ3v) is 4.12. The van der Waals surface area contributed by atoms with Crippen LogP contribution in [0.3, 0.4) is 0 Å². The quantitative estimate of drug-likeness (QED) is 0.601. The minimum atomic E-state index is 0.0946. The monoisotopic (exact) mass is 288 g/mol. The van der Waals surface area contributed by atoms with Crippen molar-refractivity contribution in [3.63, 3.8) is 0 Å². The van der Waals surface area contributed by atoms with Gasteiger partial charge in [-0.2, -0.15) is 0 Å². The molecule has 3 heteroatoms. The molecule has 0 aliphatic carbocycles. The summed E-state index contributed by atoms with van der Waals surface area (Å²) in [5, 5.41) is 0.0946. The van der Waals surface area contributed by atoms with Gasteiger partial charge in [-0.15, -0.1) is 6.58 Å². The Bertz CT molecular complexity index is 429. The summed E-state index contributed by atoms with van der Waals surface area (Å²) in [6.07, 6.45) is 4.76. The first kappa shape index (κ1) is 16.7. The van der Waals surface area contributed by atoms with Crippen LogP contribution in [0.1, 0.15) is 49.9 Å². The van der Waals surface area contributed by atoms with Crippen LogP contribution in [0.4, 0.5) is 0 Å². The number of ether oxygens (including phenoxy) is 1. The number of rotatable bonds is 10. The molecule has 0 bridgehead atoms. The zero-order valence-corrected chi connectivity index (χ0v) is 13.5. The van der Waals surface area contributed by atoms with Gasteiger partial charge in [0, 0.05) is 0 Å². The van der Waals surface area contributed by atoms with Gasteiger partial charge in [-0.05, 0) is 24.5 Å². The van der Waals surface area contributed by atoms with Gasteiger partial charge in [0.15, 0.2) is 9.52 Å². The summed E-state index contributed by atoms with van der Waals surface area (Å²) in [4.78, 5) is 12.0. The van der Waals surface area contributed by atoms with Crippen molar-refractivity contribution >= 4 is 14.9 Å². The molecular formula is C17H24O2Si. The Morgan fingerprint density at radius 1 is 1.40 bits per heavy atom. The lowest BCUT2D eigenvalue weighted by atomic mass is 10.0. The van der Waals surface area contributed by atoms with Crippen molar-refractivity contribution in [2.45, 2.75) is 39.5 Å². The molecule has 0 amide bonds. The average Bonchev–Trinajstić information content (AvgIpc) is 2.48. The van der Waals surface area contributed by atoms with Crippen molar-refractivity contribution < 1.29 is 9.53 Å². The van der Waals surface area contributed by atoms with E-state index in [0.29, 0.717) is 23.8 Å². The molecule has 2 radical (unpaired) electrons. The molecule has 0 heterocycles. The van der Waals surface area contributed by atoms with Gasteiger partial charge in [0.2, 0.25) is 0 Å². The molecule has 0 N–H and O–H groups in total. The fourth-order valence-electron chi connectivity index (χ4n) is 2.06. The van der Waals surface area contributed by atoms with Crippen molar-refractivity contribution in [2.24, 2.45) is 5.92 Å². The van der Waals surface area contributed by atoms with Gasteiger partial charge in [0.1, 0.15) is 11.2 Å². The Kier molecular flexibility index (Phi) is 7.96. The van der Waals surface area contributed by atoms with Gasteiger partial charge >= 0.3 is 0 Å². The van der Waals surface area contributed by atoms with Gasteiger partial charge < -0.3 is 9.53 Å². The van der Waals surface area contributed by atoms with Crippen molar-refractivity contribution in [1.82, 2.24) is 0 Å². The predicted octanol–water partition coefficient (Wildman–Crippen LogP) is 4.27. The minimum absolute atomic E-state index is 0.0946. The van der Waals surface area contributed by atoms with Crippen LogP contribution >= 0.6 is 0 Å². The highest BCUT2D eigenvalue weighted by Crippen LogP contribution is 2.21. The zero-order valence-electron chi connectivity index (χ0n) is 12.5. The number of para-hydroxylation sites is 1. The van der Waals surface area contributed by atoms with Gasteiger partial charge in [-0.1, -0.05) is 50.9 Å². The van der Waals surface area contributed by atoms with Crippen molar-refractivity contribution in [3.05, 3.63) is 42.1 Å². The highest BCUT2D eigenvalue weighted by Gasteiger charge is 2.13. The Labute approximate surface area is 125 Å². The highest BCUT2D eigenvalue weighted by molar-refractivity contribution is 6.81. The lowest BCUT2D eigenvalue weighted by molar-refractivity contribution is 0.107. The maximum absolute atomic E-state index is 12.0. The molecule has 108 valence electrons. The van der Waals surface area contributed by atoms with Gasteiger partial charge in [0.25, 0.3) is 0 Å². The third kappa shape index (κ3) is 5.33. The fraction of sp³-hybridized carbons (Fsp3) is 0.471. The first-order chi connectivity index (χ1) is 9.72. The Morgan fingerprint density at radius 3 is 2.80 bits per heavy atom. The van der Waals surface area contributed by atoms with E-state index in [0.717, 1.165) is 6.42 Å². The Balaban J connectivity index is 2.67. The number of carbonyl (C=O) groups excluding carboxylic acids is 1. The summed E-state index contributed by atoms with van der Waals surface area (Å²) < 4.78 is 5.90. The second-order valence-electron chi connectivity index (χ2n) is 4.90. The van der Waals surface area contributed by atoms with Crippen molar-refractivity contribution in [1.29, 1.82) is 0 Å². The smallest absolute Gasteiger partial charge is 0.170 e. The van der Waals surface area contributed by atoms with E-state index in [4.69, 9.17) is 4.74 Å². The molecule has 0 saturated heterocycles. The number of unbranched alkanes of at least 4 members (excludes halogenated alkanes) is 1. The first-order valence-corrected chi connectivity index (χ1v) is 8.44. The maximum atomic E-state index is 12.0. The van der Waals surface area contributed by atoms with E-state index in [9.17, 15) is 4.79 Å². The van der Waals surface area contributed by atoms with Crippen LogP contribution in [0.25, 0.3) is 0 Å². The third-order valence-electron chi connectivity index (χ3n) is 3.38. The van der Waals surface area contributed by atoms with E-state index in [1.54, 1.807) is 5.70 Å². The van der Waals surface area contributed by atoms with Crippen LogP contribution in [0.5, 0.6) is 5.75 Å². The van der Waals surface area contributed by atoms with Crippen LogP contribution in [-0.2, 0) is 0 Å². The molecule has 1 atom stereocenters. The van der Waals surface area contributed by atoms with Crippen LogP contribution in [0.2, 0.25) is 0 Å². The van der Waals surface area contributed by atoms with E-state index in [1.807, 2.05) is 24.3 Å². The highest BCUT2D eigenvalue weighted by atomic mass is 28.2. The molecule has 0 aromatic heterocycles. The molecule has 1 aromatic carbocycles. The minimum Gasteiger partial charge on any atom is -0.493 e. The number of carbonyl (C=O) groups is 1. The van der Waals surface area contributed by atoms with Crippen LogP contribution in [0, 0.1) is 5.92 Å². The fourth-order valence-corrected chi connectivity index (χ4v) is 2.60. The number of benzene rings is 1. The Hall–Kier alpha value is -1.35. The molecule has 0 aliphatic rings. The average molecular weight is 288 g/mol. The summed E-state index contributed by atoms with van der Waals surface area (Å²) in [5.74, 6) is 1.28. The van der Waals surface area contributed by atoms with Crippen molar-refractivity contribution in [2.75, 3.05) is 6.61 Å². The Morgan fingerprint density at radius 2 is 2.15 bits per heavy atom.